The number of anilines is 6. The summed E-state index contributed by atoms with van der Waals surface area (Å²) in [6.45, 7) is 13.9. The van der Waals surface area contributed by atoms with Crippen molar-refractivity contribution in [3.63, 3.8) is 0 Å². The van der Waals surface area contributed by atoms with Crippen LogP contribution in [0.2, 0.25) is 0 Å². The SMILES string of the molecule is CC(C)(C)c1ccc(N(c2ccc3c(c2)C2(C4=C3C3(c5cc(N(c6ccc(C(C)(C)C)cc6)c6cccc7sc8ccccc8c67)ccc54)c4ccccc4-c4ccccc43)c3ccccc3-c3ccccc32)c2cccc3sc4ccccc4c23)cc1. The van der Waals surface area contributed by atoms with E-state index in [1.165, 1.54) is 141 Å². The van der Waals surface area contributed by atoms with E-state index in [2.05, 4.69) is 318 Å². The Kier molecular flexibility index (Phi) is 10.8. The van der Waals surface area contributed by atoms with Crippen molar-refractivity contribution < 1.29 is 0 Å². The molecule has 4 heteroatoms. The van der Waals surface area contributed by atoms with Crippen LogP contribution in [0.15, 0.2) is 267 Å². The van der Waals surface area contributed by atoms with Gasteiger partial charge in [0.2, 0.25) is 0 Å². The highest BCUT2D eigenvalue weighted by atomic mass is 32.1. The second kappa shape index (κ2) is 18.5. The Morgan fingerprint density at radius 3 is 0.955 bits per heavy atom. The van der Waals surface area contributed by atoms with Gasteiger partial charge < -0.3 is 9.80 Å². The Labute approximate surface area is 522 Å². The first kappa shape index (κ1) is 51.6. The van der Waals surface area contributed by atoms with Crippen LogP contribution in [-0.2, 0) is 21.7 Å². The topological polar surface area (TPSA) is 6.48 Å². The number of allylic oxidation sites excluding steroid dienone is 2. The third-order valence-corrected chi connectivity index (χ3v) is 22.3. The molecule has 12 aromatic carbocycles. The maximum Gasteiger partial charge on any atom is 0.0729 e. The molecule has 18 rings (SSSR count). The summed E-state index contributed by atoms with van der Waals surface area (Å²) in [5.74, 6) is 0. The summed E-state index contributed by atoms with van der Waals surface area (Å²) in [6.07, 6.45) is 0. The monoisotopic (exact) mass is 1160 g/mol. The predicted octanol–water partition coefficient (Wildman–Crippen LogP) is 23.5. The molecule has 4 aliphatic rings. The Morgan fingerprint density at radius 2 is 0.591 bits per heavy atom. The second-order valence-corrected chi connectivity index (χ2v) is 28.8. The third kappa shape index (κ3) is 6.93. The molecule has 0 saturated heterocycles. The van der Waals surface area contributed by atoms with Gasteiger partial charge in [0.05, 0.1) is 22.2 Å². The van der Waals surface area contributed by atoms with E-state index in [1.807, 2.05) is 22.7 Å². The van der Waals surface area contributed by atoms with E-state index in [1.54, 1.807) is 0 Å². The first-order valence-corrected chi connectivity index (χ1v) is 32.6. The van der Waals surface area contributed by atoms with Crippen LogP contribution >= 0.6 is 22.7 Å². The van der Waals surface area contributed by atoms with Gasteiger partial charge in [-0.05, 0) is 185 Å². The normalized spacial score (nSPS) is 14.6. The van der Waals surface area contributed by atoms with Crippen molar-refractivity contribution in [1.82, 2.24) is 0 Å². The molecule has 2 spiro atoms. The molecule has 2 aromatic heterocycles. The summed E-state index contributed by atoms with van der Waals surface area (Å²) < 4.78 is 5.15. The van der Waals surface area contributed by atoms with Gasteiger partial charge in [-0.2, -0.15) is 0 Å². The molecule has 0 amide bonds. The molecule has 0 N–H and O–H groups in total. The molecule has 0 atom stereocenters. The molecule has 420 valence electrons. The lowest BCUT2D eigenvalue weighted by Gasteiger charge is -2.36. The van der Waals surface area contributed by atoms with Crippen molar-refractivity contribution in [2.75, 3.05) is 9.80 Å². The lowest BCUT2D eigenvalue weighted by Crippen LogP contribution is -2.29. The van der Waals surface area contributed by atoms with Gasteiger partial charge in [0.15, 0.2) is 0 Å². The van der Waals surface area contributed by atoms with Crippen LogP contribution in [0.25, 0.3) is 73.7 Å². The first-order valence-electron chi connectivity index (χ1n) is 31.0. The molecule has 0 aliphatic heterocycles. The zero-order valence-corrected chi connectivity index (χ0v) is 51.7. The van der Waals surface area contributed by atoms with Crippen LogP contribution < -0.4 is 9.80 Å². The molecule has 0 fully saturated rings. The Morgan fingerprint density at radius 1 is 0.273 bits per heavy atom. The minimum Gasteiger partial charge on any atom is -0.310 e. The van der Waals surface area contributed by atoms with Crippen LogP contribution in [0.3, 0.4) is 0 Å². The van der Waals surface area contributed by atoms with Gasteiger partial charge in [0.1, 0.15) is 0 Å². The molecular formula is C84H62N2S2. The number of benzene rings is 12. The van der Waals surface area contributed by atoms with Gasteiger partial charge in [-0.1, -0.05) is 224 Å². The maximum absolute atomic E-state index is 2.61. The van der Waals surface area contributed by atoms with Gasteiger partial charge in [0.25, 0.3) is 0 Å². The van der Waals surface area contributed by atoms with Crippen molar-refractivity contribution in [1.29, 1.82) is 0 Å². The quantitative estimate of drug-likeness (QED) is 0.164. The highest BCUT2D eigenvalue weighted by molar-refractivity contribution is 7.26. The lowest BCUT2D eigenvalue weighted by atomic mass is 9.66. The molecule has 14 aromatic rings. The number of rotatable bonds is 6. The molecule has 2 heterocycles. The summed E-state index contributed by atoms with van der Waals surface area (Å²) in [7, 11) is 0. The Balaban J connectivity index is 0.949. The van der Waals surface area contributed by atoms with Gasteiger partial charge in [-0.3, -0.25) is 0 Å². The molecule has 88 heavy (non-hydrogen) atoms. The summed E-state index contributed by atoms with van der Waals surface area (Å²) >= 11 is 3.76. The van der Waals surface area contributed by atoms with E-state index < -0.39 is 10.8 Å². The number of hydrogen-bond donors (Lipinski definition) is 0. The maximum atomic E-state index is 2.61. The zero-order chi connectivity index (χ0) is 59.0. The van der Waals surface area contributed by atoms with Crippen LogP contribution in [0.4, 0.5) is 34.1 Å². The van der Waals surface area contributed by atoms with Crippen LogP contribution in [0, 0.1) is 0 Å². The molecule has 0 bridgehead atoms. The van der Waals surface area contributed by atoms with E-state index >= 15 is 0 Å². The average molecular weight is 1160 g/mol. The molecule has 2 nitrogen and oxygen atoms in total. The second-order valence-electron chi connectivity index (χ2n) is 26.7. The van der Waals surface area contributed by atoms with Crippen LogP contribution in [0.1, 0.15) is 97.2 Å². The van der Waals surface area contributed by atoms with Gasteiger partial charge in [-0.15, -0.1) is 22.7 Å². The van der Waals surface area contributed by atoms with Crippen molar-refractivity contribution in [2.45, 2.75) is 63.2 Å². The smallest absolute Gasteiger partial charge is 0.0729 e. The first-order chi connectivity index (χ1) is 42.9. The van der Waals surface area contributed by atoms with Crippen molar-refractivity contribution in [3.05, 3.63) is 323 Å². The molecule has 0 saturated carbocycles. The fraction of sp³-hybridized carbons (Fsp3) is 0.119. The fourth-order valence-corrected chi connectivity index (χ4v) is 18.5. The van der Waals surface area contributed by atoms with Gasteiger partial charge >= 0.3 is 0 Å². The third-order valence-electron chi connectivity index (χ3n) is 20.0. The predicted molar refractivity (Wildman–Crippen MR) is 376 cm³/mol. The number of nitrogens with zero attached hydrogens (tertiary/aromatic N) is 2. The van der Waals surface area contributed by atoms with Crippen molar-refractivity contribution >= 4 is 108 Å². The van der Waals surface area contributed by atoms with Crippen molar-refractivity contribution in [2.24, 2.45) is 0 Å². The van der Waals surface area contributed by atoms with Crippen LogP contribution in [0.5, 0.6) is 0 Å². The fourth-order valence-electron chi connectivity index (χ4n) is 16.3. The highest BCUT2D eigenvalue weighted by Gasteiger charge is 2.63. The highest BCUT2D eigenvalue weighted by Crippen LogP contribution is 2.75. The van der Waals surface area contributed by atoms with E-state index in [4.69, 9.17) is 0 Å². The lowest BCUT2D eigenvalue weighted by molar-refractivity contribution is 0.590. The van der Waals surface area contributed by atoms with E-state index in [0.717, 1.165) is 22.7 Å². The Hall–Kier alpha value is -9.58. The van der Waals surface area contributed by atoms with E-state index in [9.17, 15) is 0 Å². The number of hydrogen-bond acceptors (Lipinski definition) is 4. The number of thiophene rings is 2. The number of fused-ring (bicyclic) bond motifs is 24. The van der Waals surface area contributed by atoms with Crippen LogP contribution in [-0.4, -0.2) is 0 Å². The van der Waals surface area contributed by atoms with Gasteiger partial charge in [0, 0.05) is 63.1 Å². The van der Waals surface area contributed by atoms with Gasteiger partial charge in [-0.25, -0.2) is 0 Å². The minimum atomic E-state index is -0.702. The standard InChI is InChI=1S/C84H62N2S2/c1-81(2,3)51-37-41-53(42-38-51)85(71-31-19-35-75-77(71)63-25-11-17-33-73(63)87-75)55-45-47-61-69(49-55)83(65-27-13-7-21-57(65)58-22-8-14-28-66(58)83)80-62-48-46-56(50-70(62)84(79(61)80)67-29-15-9-23-59(67)60-24-10-16-30-68(60)84)86(54-43-39-52(40-44-54)82(4,5)6)72-32-20-36-76-78(72)64-26-12-18-34-74(64)88-76/h7-50H,1-6H3. The summed E-state index contributed by atoms with van der Waals surface area (Å²) in [6, 6.07) is 103. The van der Waals surface area contributed by atoms with E-state index in [0.29, 0.717) is 0 Å². The molecule has 0 unspecified atom stereocenters. The zero-order valence-electron chi connectivity index (χ0n) is 50.1. The largest absolute Gasteiger partial charge is 0.310 e. The van der Waals surface area contributed by atoms with Crippen molar-refractivity contribution in [3.8, 4) is 22.3 Å². The molecular weight excluding hydrogens is 1100 g/mol. The van der Waals surface area contributed by atoms with E-state index in [-0.39, 0.29) is 10.8 Å². The molecule has 0 radical (unpaired) electrons. The average Bonchev–Trinajstić information content (AvgIpc) is 1.47. The Bertz CT molecular complexity index is 4880. The summed E-state index contributed by atoms with van der Waals surface area (Å²) in [4.78, 5) is 5.13. The summed E-state index contributed by atoms with van der Waals surface area (Å²) in [5.41, 5.74) is 26.5. The summed E-state index contributed by atoms with van der Waals surface area (Å²) in [5, 5.41) is 5.12. The molecule has 4 aliphatic carbocycles. The minimum absolute atomic E-state index is 0.00417.